The average molecular weight is 464 g/mol. The molecule has 0 fully saturated rings. The Balaban J connectivity index is 2.90. The van der Waals surface area contributed by atoms with Gasteiger partial charge < -0.3 is 38.3 Å². The van der Waals surface area contributed by atoms with Gasteiger partial charge in [-0.3, -0.25) is 28.8 Å². The number of rotatable bonds is 14. The molecule has 0 saturated heterocycles. The number of nitrogens with two attached hydrogens (primary N) is 3. The van der Waals surface area contributed by atoms with Crippen molar-refractivity contribution < 1.29 is 33.9 Å². The van der Waals surface area contributed by atoms with Gasteiger partial charge in [-0.2, -0.15) is 0 Å². The first-order valence-corrected chi connectivity index (χ1v) is 9.96. The lowest BCUT2D eigenvalue weighted by atomic mass is 10.0. The zero-order valence-electron chi connectivity index (χ0n) is 17.8. The summed E-state index contributed by atoms with van der Waals surface area (Å²) in [5.41, 5.74) is 16.9. The molecule has 1 aromatic rings. The van der Waals surface area contributed by atoms with Gasteiger partial charge >= 0.3 is 5.97 Å². The molecule has 0 heterocycles. The van der Waals surface area contributed by atoms with E-state index in [2.05, 4.69) is 10.6 Å². The van der Waals surface area contributed by atoms with Crippen molar-refractivity contribution in [2.24, 2.45) is 17.2 Å². The van der Waals surface area contributed by atoms with Crippen LogP contribution < -0.4 is 33.2 Å². The van der Waals surface area contributed by atoms with Gasteiger partial charge in [-0.25, -0.2) is 0 Å². The van der Waals surface area contributed by atoms with Crippen LogP contribution in [0.3, 0.4) is 0 Å². The van der Waals surface area contributed by atoms with Crippen LogP contribution in [0.15, 0.2) is 30.3 Å². The lowest BCUT2D eigenvalue weighted by molar-refractivity contribution is -0.138. The van der Waals surface area contributed by atoms with Gasteiger partial charge in [-0.05, 0) is 18.4 Å². The Labute approximate surface area is 189 Å². The first-order valence-electron chi connectivity index (χ1n) is 9.96. The second-order valence-corrected chi connectivity index (χ2v) is 7.21. The quantitative estimate of drug-likeness (QED) is 0.148. The van der Waals surface area contributed by atoms with E-state index in [-0.39, 0.29) is 19.3 Å². The molecule has 0 aliphatic heterocycles. The number of carboxylic acid groups (broad SMARTS) is 1. The van der Waals surface area contributed by atoms with Gasteiger partial charge in [0.05, 0.1) is 12.5 Å². The van der Waals surface area contributed by atoms with E-state index in [9.17, 15) is 28.8 Å². The van der Waals surface area contributed by atoms with Crippen molar-refractivity contribution in [2.75, 3.05) is 6.54 Å². The summed E-state index contributed by atoms with van der Waals surface area (Å²) in [5, 5.41) is 15.4. The standard InChI is InChI=1S/C20H28N6O7/c21-12(8-11-4-2-1-3-5-11)18(31)25-13(6-7-15(22)27)20(33)26-14(9-16(23)28)19(32)24-10-17(29)30/h1-5,12-14H,6-10,21H2,(H2,22,27)(H2,23,28)(H,24,32)(H,25,31)(H,26,33)(H,29,30). The molecule has 180 valence electrons. The SMILES string of the molecule is NC(=O)CCC(NC(=O)C(N)Cc1ccccc1)C(=O)NC(CC(N)=O)C(=O)NCC(=O)O. The molecule has 5 amide bonds. The van der Waals surface area contributed by atoms with Crippen LogP contribution in [0.2, 0.25) is 0 Å². The van der Waals surface area contributed by atoms with E-state index in [0.29, 0.717) is 0 Å². The van der Waals surface area contributed by atoms with Crippen LogP contribution >= 0.6 is 0 Å². The van der Waals surface area contributed by atoms with Crippen molar-refractivity contribution >= 4 is 35.5 Å². The minimum Gasteiger partial charge on any atom is -0.480 e. The Bertz CT molecular complexity index is 877. The average Bonchev–Trinajstić information content (AvgIpc) is 2.74. The molecule has 1 rings (SSSR count). The number of carbonyl (C=O) groups is 6. The van der Waals surface area contributed by atoms with Crippen molar-refractivity contribution in [3.05, 3.63) is 35.9 Å². The van der Waals surface area contributed by atoms with E-state index < -0.39 is 66.6 Å². The number of carbonyl (C=O) groups excluding carboxylic acids is 5. The van der Waals surface area contributed by atoms with Crippen LogP contribution in [0.1, 0.15) is 24.8 Å². The Morgan fingerprint density at radius 3 is 2.00 bits per heavy atom. The predicted octanol–water partition coefficient (Wildman–Crippen LogP) is -3.13. The van der Waals surface area contributed by atoms with E-state index in [1.54, 1.807) is 30.3 Å². The van der Waals surface area contributed by atoms with Gasteiger partial charge in [0.25, 0.3) is 0 Å². The first-order chi connectivity index (χ1) is 15.5. The van der Waals surface area contributed by atoms with E-state index in [1.807, 2.05) is 5.32 Å². The molecule has 33 heavy (non-hydrogen) atoms. The number of primary amides is 2. The molecular formula is C20H28N6O7. The maximum absolute atomic E-state index is 12.7. The zero-order valence-corrected chi connectivity index (χ0v) is 17.8. The van der Waals surface area contributed by atoms with Gasteiger partial charge in [0, 0.05) is 6.42 Å². The fourth-order valence-corrected chi connectivity index (χ4v) is 2.76. The summed E-state index contributed by atoms with van der Waals surface area (Å²) in [6.07, 6.45) is -0.914. The van der Waals surface area contributed by atoms with Crippen LogP contribution in [0, 0.1) is 0 Å². The Kier molecular flexibility index (Phi) is 11.0. The number of aliphatic carboxylic acids is 1. The van der Waals surface area contributed by atoms with Gasteiger partial charge in [0.2, 0.25) is 29.5 Å². The Hall–Kier alpha value is -4.00. The Morgan fingerprint density at radius 2 is 1.45 bits per heavy atom. The molecule has 0 saturated carbocycles. The van der Waals surface area contributed by atoms with Crippen LogP contribution in [0.5, 0.6) is 0 Å². The molecule has 0 bridgehead atoms. The third-order valence-electron chi connectivity index (χ3n) is 4.40. The number of hydrogen-bond donors (Lipinski definition) is 7. The van der Waals surface area contributed by atoms with E-state index in [0.717, 1.165) is 5.56 Å². The summed E-state index contributed by atoms with van der Waals surface area (Å²) in [4.78, 5) is 70.6. The van der Waals surface area contributed by atoms with Crippen molar-refractivity contribution in [1.82, 2.24) is 16.0 Å². The molecule has 0 aromatic heterocycles. The maximum Gasteiger partial charge on any atom is 0.322 e. The third-order valence-corrected chi connectivity index (χ3v) is 4.40. The smallest absolute Gasteiger partial charge is 0.322 e. The molecule has 0 spiro atoms. The van der Waals surface area contributed by atoms with E-state index >= 15 is 0 Å². The molecular weight excluding hydrogens is 436 g/mol. The molecule has 3 unspecified atom stereocenters. The topological polar surface area (TPSA) is 237 Å². The number of carboxylic acids is 1. The number of amides is 5. The van der Waals surface area contributed by atoms with Crippen LogP contribution in [-0.2, 0) is 35.2 Å². The zero-order chi connectivity index (χ0) is 25.0. The maximum atomic E-state index is 12.7. The van der Waals surface area contributed by atoms with E-state index in [4.69, 9.17) is 22.3 Å². The molecule has 10 N–H and O–H groups in total. The second kappa shape index (κ2) is 13.4. The third kappa shape index (κ3) is 10.7. The van der Waals surface area contributed by atoms with Crippen LogP contribution in [0.4, 0.5) is 0 Å². The number of hydrogen-bond acceptors (Lipinski definition) is 7. The molecule has 1 aromatic carbocycles. The molecule has 3 atom stereocenters. The summed E-state index contributed by atoms with van der Waals surface area (Å²) >= 11 is 0. The first kappa shape index (κ1) is 27.0. The number of benzene rings is 1. The fourth-order valence-electron chi connectivity index (χ4n) is 2.76. The monoisotopic (exact) mass is 464 g/mol. The molecule has 13 heteroatoms. The lowest BCUT2D eigenvalue weighted by Gasteiger charge is -2.23. The summed E-state index contributed by atoms with van der Waals surface area (Å²) in [5.74, 6) is -5.58. The predicted molar refractivity (Wildman–Crippen MR) is 115 cm³/mol. The second-order valence-electron chi connectivity index (χ2n) is 7.21. The van der Waals surface area contributed by atoms with Crippen molar-refractivity contribution in [3.8, 4) is 0 Å². The summed E-state index contributed by atoms with van der Waals surface area (Å²) < 4.78 is 0. The normalized spacial score (nSPS) is 13.1. The summed E-state index contributed by atoms with van der Waals surface area (Å²) in [6.45, 7) is -0.750. The fraction of sp³-hybridized carbons (Fsp3) is 0.400. The summed E-state index contributed by atoms with van der Waals surface area (Å²) in [6, 6.07) is 5.07. The van der Waals surface area contributed by atoms with Gasteiger partial charge in [-0.15, -0.1) is 0 Å². The van der Waals surface area contributed by atoms with Gasteiger partial charge in [0.15, 0.2) is 0 Å². The van der Waals surface area contributed by atoms with Crippen LogP contribution in [0.25, 0.3) is 0 Å². The minimum atomic E-state index is -1.50. The minimum absolute atomic E-state index is 0.179. The Morgan fingerprint density at radius 1 is 0.848 bits per heavy atom. The highest BCUT2D eigenvalue weighted by Gasteiger charge is 2.29. The highest BCUT2D eigenvalue weighted by atomic mass is 16.4. The summed E-state index contributed by atoms with van der Waals surface area (Å²) in [7, 11) is 0. The number of nitrogens with one attached hydrogen (secondary N) is 3. The largest absolute Gasteiger partial charge is 0.480 e. The van der Waals surface area contributed by atoms with Crippen molar-refractivity contribution in [3.63, 3.8) is 0 Å². The van der Waals surface area contributed by atoms with Crippen molar-refractivity contribution in [1.29, 1.82) is 0 Å². The van der Waals surface area contributed by atoms with E-state index in [1.165, 1.54) is 0 Å². The molecule has 0 aliphatic carbocycles. The lowest BCUT2D eigenvalue weighted by Crippen LogP contribution is -2.57. The van der Waals surface area contributed by atoms with Crippen molar-refractivity contribution in [2.45, 2.75) is 43.8 Å². The molecule has 13 nitrogen and oxygen atoms in total. The molecule has 0 aliphatic rings. The van der Waals surface area contributed by atoms with Crippen LogP contribution in [-0.4, -0.2) is 65.3 Å². The molecule has 0 radical (unpaired) electrons. The highest BCUT2D eigenvalue weighted by Crippen LogP contribution is 2.05. The van der Waals surface area contributed by atoms with Gasteiger partial charge in [0.1, 0.15) is 18.6 Å². The van der Waals surface area contributed by atoms with Gasteiger partial charge in [-0.1, -0.05) is 30.3 Å². The highest BCUT2D eigenvalue weighted by molar-refractivity contribution is 5.95.